The van der Waals surface area contributed by atoms with Gasteiger partial charge in [0.05, 0.1) is 19.1 Å². The van der Waals surface area contributed by atoms with Gasteiger partial charge >= 0.3 is 0 Å². The molecule has 1 unspecified atom stereocenters. The van der Waals surface area contributed by atoms with E-state index < -0.39 is 0 Å². The number of amides is 1. The Morgan fingerprint density at radius 2 is 2.21 bits per heavy atom. The minimum atomic E-state index is 0.271. The monoisotopic (exact) mass is 286 g/mol. The van der Waals surface area contributed by atoms with Gasteiger partial charge < -0.3 is 15.0 Å². The summed E-state index contributed by atoms with van der Waals surface area (Å²) in [5, 5.41) is 3.95. The van der Waals surface area contributed by atoms with Crippen molar-refractivity contribution < 1.29 is 9.53 Å². The quantitative estimate of drug-likeness (QED) is 0.831. The van der Waals surface area contributed by atoms with Gasteiger partial charge in [-0.25, -0.2) is 0 Å². The van der Waals surface area contributed by atoms with Crippen LogP contribution in [0.1, 0.15) is 32.6 Å². The number of hydrogen-bond donors (Lipinski definition) is 1. The summed E-state index contributed by atoms with van der Waals surface area (Å²) in [7, 11) is 0. The molecule has 0 aromatic heterocycles. The molecule has 2 aliphatic rings. The normalized spacial score (nSPS) is 25.5. The number of carbonyl (C=O) groups excluding carboxylic acids is 1. The van der Waals surface area contributed by atoms with Gasteiger partial charge in [0, 0.05) is 24.1 Å². The van der Waals surface area contributed by atoms with Crippen LogP contribution >= 0.6 is 11.8 Å². The van der Waals surface area contributed by atoms with Crippen LogP contribution in [-0.4, -0.2) is 60.7 Å². The first kappa shape index (κ1) is 15.1. The fraction of sp³-hybridized carbons (Fsp3) is 0.929. The SMILES string of the molecule is CCC1CN(C(=O)CCOC2CCNCC2)CCS1. The molecule has 2 aliphatic heterocycles. The summed E-state index contributed by atoms with van der Waals surface area (Å²) < 4.78 is 5.80. The highest BCUT2D eigenvalue weighted by molar-refractivity contribution is 8.00. The van der Waals surface area contributed by atoms with Gasteiger partial charge in [-0.3, -0.25) is 4.79 Å². The maximum Gasteiger partial charge on any atom is 0.224 e. The number of thioether (sulfide) groups is 1. The van der Waals surface area contributed by atoms with Crippen LogP contribution in [0.25, 0.3) is 0 Å². The summed E-state index contributed by atoms with van der Waals surface area (Å²) in [5.41, 5.74) is 0. The molecule has 0 aromatic rings. The fourth-order valence-electron chi connectivity index (χ4n) is 2.63. The van der Waals surface area contributed by atoms with Gasteiger partial charge in [-0.2, -0.15) is 11.8 Å². The highest BCUT2D eigenvalue weighted by atomic mass is 32.2. The maximum absolute atomic E-state index is 12.1. The van der Waals surface area contributed by atoms with Crippen LogP contribution in [0.5, 0.6) is 0 Å². The zero-order chi connectivity index (χ0) is 13.5. The van der Waals surface area contributed by atoms with E-state index in [0.29, 0.717) is 24.4 Å². The Labute approximate surface area is 120 Å². The fourth-order valence-corrected chi connectivity index (χ4v) is 3.81. The van der Waals surface area contributed by atoms with Crippen molar-refractivity contribution in [3.63, 3.8) is 0 Å². The zero-order valence-corrected chi connectivity index (χ0v) is 12.7. The lowest BCUT2D eigenvalue weighted by Crippen LogP contribution is -2.42. The minimum absolute atomic E-state index is 0.271. The maximum atomic E-state index is 12.1. The Balaban J connectivity index is 1.63. The van der Waals surface area contributed by atoms with E-state index in [1.54, 1.807) is 0 Å². The van der Waals surface area contributed by atoms with Crippen LogP contribution in [-0.2, 0) is 9.53 Å². The molecule has 0 saturated carbocycles. The van der Waals surface area contributed by atoms with Crippen LogP contribution < -0.4 is 5.32 Å². The molecule has 19 heavy (non-hydrogen) atoms. The molecule has 2 heterocycles. The molecule has 0 aromatic carbocycles. The van der Waals surface area contributed by atoms with Crippen molar-refractivity contribution in [1.82, 2.24) is 10.2 Å². The lowest BCUT2D eigenvalue weighted by molar-refractivity contribution is -0.132. The van der Waals surface area contributed by atoms with Gasteiger partial charge in [-0.05, 0) is 32.4 Å². The molecule has 2 rings (SSSR count). The third-order valence-electron chi connectivity index (χ3n) is 3.90. The summed E-state index contributed by atoms with van der Waals surface area (Å²) >= 11 is 2.00. The van der Waals surface area contributed by atoms with Gasteiger partial charge in [0.1, 0.15) is 0 Å². The number of nitrogens with zero attached hydrogens (tertiary/aromatic N) is 1. The number of hydrogen-bond acceptors (Lipinski definition) is 4. The third kappa shape index (κ3) is 4.97. The predicted molar refractivity (Wildman–Crippen MR) is 79.6 cm³/mol. The highest BCUT2D eigenvalue weighted by Gasteiger charge is 2.23. The van der Waals surface area contributed by atoms with Crippen LogP contribution in [0.2, 0.25) is 0 Å². The van der Waals surface area contributed by atoms with Crippen LogP contribution in [0.4, 0.5) is 0 Å². The summed E-state index contributed by atoms with van der Waals surface area (Å²) in [6.45, 7) is 6.71. The van der Waals surface area contributed by atoms with E-state index in [1.165, 1.54) is 0 Å². The van der Waals surface area contributed by atoms with Crippen LogP contribution in [0.3, 0.4) is 0 Å². The molecular weight excluding hydrogens is 260 g/mol. The number of nitrogens with one attached hydrogen (secondary N) is 1. The third-order valence-corrected chi connectivity index (χ3v) is 5.27. The topological polar surface area (TPSA) is 41.6 Å². The number of ether oxygens (including phenoxy) is 1. The molecule has 0 radical (unpaired) electrons. The van der Waals surface area contributed by atoms with E-state index in [2.05, 4.69) is 12.2 Å². The first-order valence-corrected chi connectivity index (χ1v) is 8.56. The van der Waals surface area contributed by atoms with Gasteiger partial charge in [-0.15, -0.1) is 0 Å². The molecule has 1 N–H and O–H groups in total. The van der Waals surface area contributed by atoms with Gasteiger partial charge in [-0.1, -0.05) is 6.92 Å². The van der Waals surface area contributed by atoms with Crippen molar-refractivity contribution in [2.45, 2.75) is 44.0 Å². The molecule has 2 saturated heterocycles. The molecule has 5 heteroatoms. The summed E-state index contributed by atoms with van der Waals surface area (Å²) in [6.07, 6.45) is 4.21. The standard InChI is InChI=1S/C14H26N2O2S/c1-2-13-11-16(8-10-19-13)14(17)5-9-18-12-3-6-15-7-4-12/h12-13,15H,2-11H2,1H3. The Morgan fingerprint density at radius 3 is 2.95 bits per heavy atom. The summed E-state index contributed by atoms with van der Waals surface area (Å²) in [4.78, 5) is 14.1. The van der Waals surface area contributed by atoms with E-state index in [1.807, 2.05) is 16.7 Å². The second kappa shape index (κ2) is 8.12. The van der Waals surface area contributed by atoms with Crippen molar-refractivity contribution in [3.8, 4) is 0 Å². The molecule has 0 spiro atoms. The molecule has 110 valence electrons. The largest absolute Gasteiger partial charge is 0.378 e. The Morgan fingerprint density at radius 1 is 1.42 bits per heavy atom. The lowest BCUT2D eigenvalue weighted by atomic mass is 10.1. The molecule has 0 aliphatic carbocycles. The van der Waals surface area contributed by atoms with Crippen molar-refractivity contribution >= 4 is 17.7 Å². The molecule has 2 fully saturated rings. The molecule has 0 bridgehead atoms. The zero-order valence-electron chi connectivity index (χ0n) is 11.9. The van der Waals surface area contributed by atoms with Crippen molar-refractivity contribution in [2.75, 3.05) is 38.5 Å². The Hall–Kier alpha value is -0.260. The van der Waals surface area contributed by atoms with Crippen molar-refractivity contribution in [2.24, 2.45) is 0 Å². The molecular formula is C14H26N2O2S. The molecule has 1 amide bonds. The highest BCUT2D eigenvalue weighted by Crippen LogP contribution is 2.21. The average molecular weight is 286 g/mol. The van der Waals surface area contributed by atoms with Gasteiger partial charge in [0.15, 0.2) is 0 Å². The summed E-state index contributed by atoms with van der Waals surface area (Å²) in [6, 6.07) is 0. The van der Waals surface area contributed by atoms with Crippen LogP contribution in [0, 0.1) is 0 Å². The first-order valence-electron chi connectivity index (χ1n) is 7.51. The van der Waals surface area contributed by atoms with E-state index in [-0.39, 0.29) is 5.91 Å². The number of rotatable bonds is 5. The second-order valence-corrected chi connectivity index (χ2v) is 6.72. The van der Waals surface area contributed by atoms with Gasteiger partial charge in [0.2, 0.25) is 5.91 Å². The van der Waals surface area contributed by atoms with Crippen molar-refractivity contribution in [1.29, 1.82) is 0 Å². The van der Waals surface area contributed by atoms with E-state index in [4.69, 9.17) is 4.74 Å². The van der Waals surface area contributed by atoms with E-state index in [0.717, 1.165) is 51.2 Å². The Kier molecular flexibility index (Phi) is 6.47. The van der Waals surface area contributed by atoms with E-state index in [9.17, 15) is 4.79 Å². The minimum Gasteiger partial charge on any atom is -0.378 e. The average Bonchev–Trinajstić information content (AvgIpc) is 2.48. The Bertz CT molecular complexity index is 283. The second-order valence-electron chi connectivity index (χ2n) is 5.31. The van der Waals surface area contributed by atoms with Crippen molar-refractivity contribution in [3.05, 3.63) is 0 Å². The lowest BCUT2D eigenvalue weighted by Gasteiger charge is -2.32. The first-order chi connectivity index (χ1) is 9.29. The number of piperidine rings is 1. The summed E-state index contributed by atoms with van der Waals surface area (Å²) in [5.74, 6) is 1.35. The smallest absolute Gasteiger partial charge is 0.224 e. The van der Waals surface area contributed by atoms with Gasteiger partial charge in [0.25, 0.3) is 0 Å². The van der Waals surface area contributed by atoms with Crippen LogP contribution in [0.15, 0.2) is 0 Å². The predicted octanol–water partition coefficient (Wildman–Crippen LogP) is 1.50. The molecule has 1 atom stereocenters. The van der Waals surface area contributed by atoms with E-state index >= 15 is 0 Å². The molecule has 4 nitrogen and oxygen atoms in total. The number of carbonyl (C=O) groups is 1.